The molecule has 2 heterocycles. The Morgan fingerprint density at radius 2 is 1.95 bits per heavy atom. The third-order valence-corrected chi connectivity index (χ3v) is 3.82. The Morgan fingerprint density at radius 1 is 1.18 bits per heavy atom. The van der Waals surface area contributed by atoms with Gasteiger partial charge in [0.25, 0.3) is 0 Å². The van der Waals surface area contributed by atoms with Crippen LogP contribution >= 0.6 is 0 Å². The molecule has 0 saturated carbocycles. The van der Waals surface area contributed by atoms with Gasteiger partial charge in [-0.3, -0.25) is 0 Å². The van der Waals surface area contributed by atoms with Gasteiger partial charge in [-0.25, -0.2) is 9.37 Å². The molecule has 0 bridgehead atoms. The molecule has 0 unspecified atom stereocenters. The quantitative estimate of drug-likeness (QED) is 0.885. The zero-order valence-electron chi connectivity index (χ0n) is 12.7. The van der Waals surface area contributed by atoms with Crippen molar-refractivity contribution < 1.29 is 4.39 Å². The summed E-state index contributed by atoms with van der Waals surface area (Å²) in [5.41, 5.74) is 1.79. The maximum Gasteiger partial charge on any atom is 0.152 e. The molecule has 5 nitrogen and oxygen atoms in total. The standard InChI is InChI=1S/C16H20FN5/c1-12-19-16(18-7-10-22-8-2-9-22)15(21-20-12)11-13-3-5-14(17)6-4-13/h3-6H,2,7-11H2,1H3,(H,18,19,20). The van der Waals surface area contributed by atoms with Gasteiger partial charge in [0.2, 0.25) is 0 Å². The highest BCUT2D eigenvalue weighted by Gasteiger charge is 2.14. The van der Waals surface area contributed by atoms with Crippen molar-refractivity contribution in [2.24, 2.45) is 0 Å². The molecule has 1 aromatic heterocycles. The number of likely N-dealkylation sites (tertiary alicyclic amines) is 1. The summed E-state index contributed by atoms with van der Waals surface area (Å²) in [4.78, 5) is 6.85. The number of anilines is 1. The van der Waals surface area contributed by atoms with Crippen molar-refractivity contribution in [3.8, 4) is 0 Å². The van der Waals surface area contributed by atoms with E-state index in [0.29, 0.717) is 12.2 Å². The Bertz CT molecular complexity index is 625. The second kappa shape index (κ2) is 6.79. The lowest BCUT2D eigenvalue weighted by molar-refractivity contribution is 0.189. The van der Waals surface area contributed by atoms with E-state index in [9.17, 15) is 4.39 Å². The minimum absolute atomic E-state index is 0.232. The lowest BCUT2D eigenvalue weighted by Crippen LogP contribution is -2.40. The van der Waals surface area contributed by atoms with E-state index in [4.69, 9.17) is 0 Å². The van der Waals surface area contributed by atoms with Crippen LogP contribution in [0.3, 0.4) is 0 Å². The lowest BCUT2D eigenvalue weighted by atomic mass is 10.1. The zero-order chi connectivity index (χ0) is 15.4. The minimum Gasteiger partial charge on any atom is -0.367 e. The predicted molar refractivity (Wildman–Crippen MR) is 83.3 cm³/mol. The number of hydrogen-bond donors (Lipinski definition) is 1. The van der Waals surface area contributed by atoms with Crippen LogP contribution in [0.15, 0.2) is 24.3 Å². The van der Waals surface area contributed by atoms with E-state index >= 15 is 0 Å². The van der Waals surface area contributed by atoms with Gasteiger partial charge in [-0.15, -0.1) is 10.2 Å². The van der Waals surface area contributed by atoms with Crippen LogP contribution < -0.4 is 5.32 Å². The second-order valence-electron chi connectivity index (χ2n) is 5.58. The van der Waals surface area contributed by atoms with Crippen LogP contribution in [0.2, 0.25) is 0 Å². The SMILES string of the molecule is Cc1nnc(Cc2ccc(F)cc2)c(NCCN2CCC2)n1. The number of nitrogens with one attached hydrogen (secondary N) is 1. The molecule has 1 N–H and O–H groups in total. The fraction of sp³-hybridized carbons (Fsp3) is 0.438. The van der Waals surface area contributed by atoms with Crippen molar-refractivity contribution in [1.29, 1.82) is 0 Å². The molecule has 3 rings (SSSR count). The molecule has 0 aliphatic carbocycles. The van der Waals surface area contributed by atoms with Crippen molar-refractivity contribution in [2.75, 3.05) is 31.5 Å². The maximum atomic E-state index is 13.0. The number of aryl methyl sites for hydroxylation is 1. The Labute approximate surface area is 129 Å². The van der Waals surface area contributed by atoms with Crippen LogP contribution in [0.4, 0.5) is 10.2 Å². The summed E-state index contributed by atoms with van der Waals surface area (Å²) >= 11 is 0. The fourth-order valence-corrected chi connectivity index (χ4v) is 2.42. The third-order valence-electron chi connectivity index (χ3n) is 3.82. The number of aromatic nitrogens is 3. The average Bonchev–Trinajstić information content (AvgIpc) is 2.46. The van der Waals surface area contributed by atoms with Crippen molar-refractivity contribution >= 4 is 5.82 Å². The average molecular weight is 301 g/mol. The molecular formula is C16H20FN5. The predicted octanol–water partition coefficient (Wildman–Crippen LogP) is 2.03. The summed E-state index contributed by atoms with van der Waals surface area (Å²) in [5.74, 6) is 1.19. The van der Waals surface area contributed by atoms with Crippen molar-refractivity contribution in [1.82, 2.24) is 20.1 Å². The normalized spacial score (nSPS) is 14.6. The summed E-state index contributed by atoms with van der Waals surface area (Å²) < 4.78 is 13.0. The first kappa shape index (κ1) is 14.8. The Kier molecular flexibility index (Phi) is 4.58. The molecule has 0 atom stereocenters. The van der Waals surface area contributed by atoms with Gasteiger partial charge in [-0.2, -0.15) is 0 Å². The number of benzene rings is 1. The van der Waals surface area contributed by atoms with Crippen LogP contribution in [0.1, 0.15) is 23.5 Å². The van der Waals surface area contributed by atoms with Gasteiger partial charge in [0.15, 0.2) is 5.82 Å². The van der Waals surface area contributed by atoms with E-state index in [1.54, 1.807) is 12.1 Å². The molecule has 22 heavy (non-hydrogen) atoms. The molecule has 1 aliphatic heterocycles. The van der Waals surface area contributed by atoms with Crippen LogP contribution in [0.5, 0.6) is 0 Å². The minimum atomic E-state index is -0.232. The van der Waals surface area contributed by atoms with Crippen LogP contribution in [0, 0.1) is 12.7 Å². The van der Waals surface area contributed by atoms with E-state index in [0.717, 1.165) is 30.2 Å². The lowest BCUT2D eigenvalue weighted by Gasteiger charge is -2.30. The number of halogens is 1. The van der Waals surface area contributed by atoms with E-state index in [1.807, 2.05) is 6.92 Å². The highest BCUT2D eigenvalue weighted by molar-refractivity contribution is 5.42. The number of hydrogen-bond acceptors (Lipinski definition) is 5. The zero-order valence-corrected chi connectivity index (χ0v) is 12.7. The van der Waals surface area contributed by atoms with Gasteiger partial charge in [-0.05, 0) is 44.1 Å². The van der Waals surface area contributed by atoms with Crippen molar-refractivity contribution in [3.05, 3.63) is 47.2 Å². The van der Waals surface area contributed by atoms with Gasteiger partial charge >= 0.3 is 0 Å². The van der Waals surface area contributed by atoms with Crippen LogP contribution in [-0.2, 0) is 6.42 Å². The van der Waals surface area contributed by atoms with Gasteiger partial charge in [0, 0.05) is 19.5 Å². The highest BCUT2D eigenvalue weighted by atomic mass is 19.1. The van der Waals surface area contributed by atoms with E-state index in [2.05, 4.69) is 25.4 Å². The van der Waals surface area contributed by atoms with Crippen molar-refractivity contribution in [3.63, 3.8) is 0 Å². The van der Waals surface area contributed by atoms with E-state index < -0.39 is 0 Å². The summed E-state index contributed by atoms with van der Waals surface area (Å²) in [7, 11) is 0. The summed E-state index contributed by atoms with van der Waals surface area (Å²) in [6.45, 7) is 6.05. The Balaban J connectivity index is 1.67. The first-order chi connectivity index (χ1) is 10.7. The van der Waals surface area contributed by atoms with Gasteiger partial charge in [-0.1, -0.05) is 12.1 Å². The molecule has 116 valence electrons. The van der Waals surface area contributed by atoms with E-state index in [1.165, 1.54) is 31.6 Å². The molecule has 1 saturated heterocycles. The molecule has 0 amide bonds. The Hall–Kier alpha value is -2.08. The van der Waals surface area contributed by atoms with Gasteiger partial charge in [0.1, 0.15) is 17.3 Å². The molecule has 6 heteroatoms. The molecule has 2 aromatic rings. The fourth-order valence-electron chi connectivity index (χ4n) is 2.42. The largest absolute Gasteiger partial charge is 0.367 e. The number of rotatable bonds is 6. The van der Waals surface area contributed by atoms with Gasteiger partial charge < -0.3 is 10.2 Å². The molecular weight excluding hydrogens is 281 g/mol. The van der Waals surface area contributed by atoms with Crippen molar-refractivity contribution in [2.45, 2.75) is 19.8 Å². The first-order valence-electron chi connectivity index (χ1n) is 7.61. The molecule has 1 aromatic carbocycles. The van der Waals surface area contributed by atoms with Crippen LogP contribution in [0.25, 0.3) is 0 Å². The Morgan fingerprint density at radius 3 is 2.64 bits per heavy atom. The number of nitrogens with zero attached hydrogens (tertiary/aromatic N) is 4. The van der Waals surface area contributed by atoms with Crippen LogP contribution in [-0.4, -0.2) is 46.3 Å². The first-order valence-corrected chi connectivity index (χ1v) is 7.61. The molecule has 0 spiro atoms. The molecule has 1 fully saturated rings. The summed E-state index contributed by atoms with van der Waals surface area (Å²) in [6, 6.07) is 6.45. The topological polar surface area (TPSA) is 53.9 Å². The monoisotopic (exact) mass is 301 g/mol. The third kappa shape index (κ3) is 3.76. The smallest absolute Gasteiger partial charge is 0.152 e. The van der Waals surface area contributed by atoms with E-state index in [-0.39, 0.29) is 5.82 Å². The molecule has 1 aliphatic rings. The highest BCUT2D eigenvalue weighted by Crippen LogP contribution is 2.15. The molecule has 0 radical (unpaired) electrons. The summed E-state index contributed by atoms with van der Waals surface area (Å²) in [5, 5.41) is 11.6. The maximum absolute atomic E-state index is 13.0. The summed E-state index contributed by atoms with van der Waals surface area (Å²) in [6.07, 6.45) is 1.89. The van der Waals surface area contributed by atoms with Gasteiger partial charge in [0.05, 0.1) is 0 Å². The second-order valence-corrected chi connectivity index (χ2v) is 5.58.